The average Bonchev–Trinajstić information content (AvgIpc) is 2.73. The fourth-order valence-corrected chi connectivity index (χ4v) is 3.76. The van der Waals surface area contributed by atoms with Gasteiger partial charge in [-0.3, -0.25) is 4.79 Å². The highest BCUT2D eigenvalue weighted by Crippen LogP contribution is 2.15. The zero-order chi connectivity index (χ0) is 21.4. The van der Waals surface area contributed by atoms with Crippen LogP contribution in [0.3, 0.4) is 0 Å². The first-order valence-electron chi connectivity index (χ1n) is 13.0. The minimum atomic E-state index is -0.0407. The third-order valence-electron chi connectivity index (χ3n) is 5.85. The summed E-state index contributed by atoms with van der Waals surface area (Å²) in [6.45, 7) is 8.23. The Bertz CT molecular complexity index is 330. The number of hydrogen-bond donors (Lipinski definition) is 0. The van der Waals surface area contributed by atoms with Gasteiger partial charge >= 0.3 is 5.97 Å². The molecule has 0 aromatic rings. The molecule has 0 aliphatic heterocycles. The molecule has 0 N–H and O–H groups in total. The highest BCUT2D eigenvalue weighted by atomic mass is 16.6. The van der Waals surface area contributed by atoms with Crippen LogP contribution < -0.4 is 0 Å². The van der Waals surface area contributed by atoms with E-state index in [0.717, 1.165) is 38.7 Å². The molecule has 0 amide bonds. The summed E-state index contributed by atoms with van der Waals surface area (Å²) in [6, 6.07) is 0. The van der Waals surface area contributed by atoms with Crippen molar-refractivity contribution in [2.45, 2.75) is 136 Å². The molecule has 0 heterocycles. The normalized spacial score (nSPS) is 12.2. The van der Waals surface area contributed by atoms with Crippen LogP contribution in [0, 0.1) is 5.92 Å². The van der Waals surface area contributed by atoms with Crippen molar-refractivity contribution in [1.82, 2.24) is 0 Å². The summed E-state index contributed by atoms with van der Waals surface area (Å²) in [5, 5.41) is 0. The molecule has 0 fully saturated rings. The quantitative estimate of drug-likeness (QED) is 0.125. The molecule has 0 aromatic carbocycles. The molecule has 0 spiro atoms. The van der Waals surface area contributed by atoms with Crippen LogP contribution in [0.1, 0.15) is 136 Å². The molecular weight excluding hydrogens is 360 g/mol. The Morgan fingerprint density at radius 2 is 1.07 bits per heavy atom. The Hall–Kier alpha value is -0.570. The number of rotatable bonds is 23. The van der Waals surface area contributed by atoms with E-state index in [4.69, 9.17) is 9.47 Å². The molecule has 0 aromatic heterocycles. The van der Waals surface area contributed by atoms with Gasteiger partial charge < -0.3 is 9.47 Å². The number of ether oxygens (including phenoxy) is 2. The molecular formula is C26H52O3. The Labute approximate surface area is 182 Å². The average molecular weight is 413 g/mol. The lowest BCUT2D eigenvalue weighted by Gasteiger charge is -2.13. The van der Waals surface area contributed by atoms with Crippen LogP contribution in [0.25, 0.3) is 0 Å². The van der Waals surface area contributed by atoms with Gasteiger partial charge in [0.25, 0.3) is 0 Å². The van der Waals surface area contributed by atoms with Crippen molar-refractivity contribution >= 4 is 5.97 Å². The predicted molar refractivity (Wildman–Crippen MR) is 125 cm³/mol. The molecule has 0 aliphatic carbocycles. The van der Waals surface area contributed by atoms with Gasteiger partial charge in [0.1, 0.15) is 6.61 Å². The Balaban J connectivity index is 3.23. The summed E-state index contributed by atoms with van der Waals surface area (Å²) >= 11 is 0. The number of carbonyl (C=O) groups is 1. The lowest BCUT2D eigenvalue weighted by atomic mass is 10.00. The molecule has 0 saturated carbocycles. The predicted octanol–water partition coefficient (Wildman–Crippen LogP) is 8.24. The lowest BCUT2D eigenvalue weighted by molar-refractivity contribution is -0.150. The van der Waals surface area contributed by atoms with Gasteiger partial charge in [0.15, 0.2) is 0 Å². The first-order chi connectivity index (χ1) is 14.3. The van der Waals surface area contributed by atoms with Crippen LogP contribution >= 0.6 is 0 Å². The maximum atomic E-state index is 12.0. The van der Waals surface area contributed by atoms with E-state index in [9.17, 15) is 4.79 Å². The largest absolute Gasteiger partial charge is 0.463 e. The first-order valence-corrected chi connectivity index (χ1v) is 13.0. The minimum absolute atomic E-state index is 0.0407. The van der Waals surface area contributed by atoms with Gasteiger partial charge in [-0.2, -0.15) is 0 Å². The van der Waals surface area contributed by atoms with Crippen LogP contribution in [-0.4, -0.2) is 25.8 Å². The number of carbonyl (C=O) groups excluding carboxylic acids is 1. The van der Waals surface area contributed by atoms with Crippen LogP contribution in [-0.2, 0) is 14.3 Å². The van der Waals surface area contributed by atoms with E-state index in [0.29, 0.717) is 13.2 Å². The Morgan fingerprint density at radius 3 is 1.55 bits per heavy atom. The fourth-order valence-electron chi connectivity index (χ4n) is 3.76. The molecule has 0 bridgehead atoms. The molecule has 0 saturated heterocycles. The monoisotopic (exact) mass is 412 g/mol. The second kappa shape index (κ2) is 23.7. The number of unbranched alkanes of at least 4 members (excludes halogenated alkanes) is 14. The summed E-state index contributed by atoms with van der Waals surface area (Å²) in [7, 11) is 0. The van der Waals surface area contributed by atoms with Crippen molar-refractivity contribution in [2.75, 3.05) is 19.8 Å². The summed E-state index contributed by atoms with van der Waals surface area (Å²) in [5.41, 5.74) is 0. The van der Waals surface area contributed by atoms with Crippen LogP contribution in [0.5, 0.6) is 0 Å². The van der Waals surface area contributed by atoms with E-state index >= 15 is 0 Å². The summed E-state index contributed by atoms with van der Waals surface area (Å²) in [4.78, 5) is 12.0. The zero-order valence-electron chi connectivity index (χ0n) is 20.2. The summed E-state index contributed by atoms with van der Waals surface area (Å²) in [6.07, 6.45) is 23.3. The van der Waals surface area contributed by atoms with Crippen molar-refractivity contribution in [2.24, 2.45) is 5.92 Å². The minimum Gasteiger partial charge on any atom is -0.463 e. The fraction of sp³-hybridized carbons (Fsp3) is 0.962. The van der Waals surface area contributed by atoms with E-state index in [1.165, 1.54) is 83.5 Å². The topological polar surface area (TPSA) is 35.5 Å². The van der Waals surface area contributed by atoms with E-state index in [-0.39, 0.29) is 11.9 Å². The molecule has 3 nitrogen and oxygen atoms in total. The second-order valence-electron chi connectivity index (χ2n) is 8.62. The Morgan fingerprint density at radius 1 is 0.586 bits per heavy atom. The van der Waals surface area contributed by atoms with Crippen molar-refractivity contribution in [3.63, 3.8) is 0 Å². The number of hydrogen-bond acceptors (Lipinski definition) is 3. The molecule has 29 heavy (non-hydrogen) atoms. The van der Waals surface area contributed by atoms with Crippen molar-refractivity contribution in [3.8, 4) is 0 Å². The van der Waals surface area contributed by atoms with Gasteiger partial charge in [-0.1, -0.05) is 117 Å². The maximum absolute atomic E-state index is 12.0. The van der Waals surface area contributed by atoms with Crippen molar-refractivity contribution in [1.29, 1.82) is 0 Å². The third kappa shape index (κ3) is 20.5. The molecule has 0 aliphatic rings. The summed E-state index contributed by atoms with van der Waals surface area (Å²) in [5.74, 6) is 0.0294. The molecule has 174 valence electrons. The van der Waals surface area contributed by atoms with Gasteiger partial charge in [-0.25, -0.2) is 0 Å². The van der Waals surface area contributed by atoms with E-state index in [2.05, 4.69) is 20.8 Å². The zero-order valence-corrected chi connectivity index (χ0v) is 20.2. The van der Waals surface area contributed by atoms with Gasteiger partial charge in [-0.15, -0.1) is 0 Å². The third-order valence-corrected chi connectivity index (χ3v) is 5.85. The SMILES string of the molecule is CCCCCCCCCCCCCCCCOCCOC(=O)C(CC)CCCC. The standard InChI is InChI=1S/C26H52O3/c1-4-7-9-10-11-12-13-14-15-16-17-18-19-20-22-28-23-24-29-26(27)25(6-3)21-8-5-2/h25H,4-24H2,1-3H3. The molecule has 3 heteroatoms. The maximum Gasteiger partial charge on any atom is 0.308 e. The summed E-state index contributed by atoms with van der Waals surface area (Å²) < 4.78 is 11.0. The number of esters is 1. The lowest BCUT2D eigenvalue weighted by Crippen LogP contribution is -2.19. The molecule has 0 rings (SSSR count). The van der Waals surface area contributed by atoms with E-state index in [1.54, 1.807) is 0 Å². The van der Waals surface area contributed by atoms with Crippen molar-refractivity contribution in [3.05, 3.63) is 0 Å². The molecule has 1 atom stereocenters. The second-order valence-corrected chi connectivity index (χ2v) is 8.62. The smallest absolute Gasteiger partial charge is 0.308 e. The van der Waals surface area contributed by atoms with Crippen LogP contribution in [0.15, 0.2) is 0 Å². The van der Waals surface area contributed by atoms with Gasteiger partial charge in [0.05, 0.1) is 12.5 Å². The van der Waals surface area contributed by atoms with Gasteiger partial charge in [0, 0.05) is 6.61 Å². The van der Waals surface area contributed by atoms with E-state index < -0.39 is 0 Å². The highest BCUT2D eigenvalue weighted by molar-refractivity contribution is 5.72. The Kier molecular flexibility index (Phi) is 23.2. The first kappa shape index (κ1) is 28.4. The highest BCUT2D eigenvalue weighted by Gasteiger charge is 2.16. The van der Waals surface area contributed by atoms with Gasteiger partial charge in [-0.05, 0) is 19.3 Å². The van der Waals surface area contributed by atoms with Crippen LogP contribution in [0.4, 0.5) is 0 Å². The molecule has 0 radical (unpaired) electrons. The van der Waals surface area contributed by atoms with Crippen LogP contribution in [0.2, 0.25) is 0 Å². The molecule has 1 unspecified atom stereocenters. The van der Waals surface area contributed by atoms with E-state index in [1.807, 2.05) is 0 Å². The van der Waals surface area contributed by atoms with Crippen molar-refractivity contribution < 1.29 is 14.3 Å². The van der Waals surface area contributed by atoms with Gasteiger partial charge in [0.2, 0.25) is 0 Å².